The molecule has 0 aromatic heterocycles. The van der Waals surface area contributed by atoms with Gasteiger partial charge in [-0.2, -0.15) is 0 Å². The minimum Gasteiger partial charge on any atom is -0.456 e. The summed E-state index contributed by atoms with van der Waals surface area (Å²) >= 11 is 0. The first-order chi connectivity index (χ1) is 10.4. The Hall–Kier alpha value is -0.870. The zero-order valence-corrected chi connectivity index (χ0v) is 14.0. The minimum absolute atomic E-state index is 0.0788. The lowest BCUT2D eigenvalue weighted by molar-refractivity contribution is -0.245. The molecule has 0 N–H and O–H groups in total. The lowest BCUT2D eigenvalue weighted by atomic mass is 9.52. The van der Waals surface area contributed by atoms with Gasteiger partial charge in [0.1, 0.15) is 5.60 Å². The molecule has 0 saturated heterocycles. The van der Waals surface area contributed by atoms with Crippen LogP contribution in [-0.4, -0.2) is 37.0 Å². The van der Waals surface area contributed by atoms with Gasteiger partial charge >= 0.3 is 5.97 Å². The Bertz CT molecular complexity index is 456. The Balaban J connectivity index is 1.77. The first-order valence-electron chi connectivity index (χ1n) is 8.41. The Morgan fingerprint density at radius 2 is 1.82 bits per heavy atom. The number of ether oxygens (including phenoxy) is 3. The summed E-state index contributed by atoms with van der Waals surface area (Å²) in [6, 6.07) is 0. The zero-order chi connectivity index (χ0) is 16.0. The van der Waals surface area contributed by atoms with E-state index in [9.17, 15) is 4.79 Å². The predicted octanol–water partition coefficient (Wildman–Crippen LogP) is 3.25. The molecule has 0 radical (unpaired) electrons. The summed E-state index contributed by atoms with van der Waals surface area (Å²) in [6.45, 7) is 8.11. The quantitative estimate of drug-likeness (QED) is 0.558. The maximum absolute atomic E-state index is 12.1. The number of esters is 1. The smallest absolute Gasteiger partial charge is 0.333 e. The number of hydrogen-bond donors (Lipinski definition) is 0. The third-order valence-corrected chi connectivity index (χ3v) is 5.46. The van der Waals surface area contributed by atoms with Crippen LogP contribution in [0.3, 0.4) is 0 Å². The molecule has 3 unspecified atom stereocenters. The summed E-state index contributed by atoms with van der Waals surface area (Å²) in [5, 5.41) is 0. The van der Waals surface area contributed by atoms with Gasteiger partial charge in [-0.05, 0) is 57.8 Å². The molecule has 0 aromatic rings. The highest BCUT2D eigenvalue weighted by molar-refractivity contribution is 5.87. The van der Waals surface area contributed by atoms with Crippen LogP contribution in [0.1, 0.15) is 52.4 Å². The van der Waals surface area contributed by atoms with Crippen molar-refractivity contribution in [1.82, 2.24) is 0 Å². The Kier molecular flexibility index (Phi) is 4.11. The molecule has 124 valence electrons. The van der Waals surface area contributed by atoms with Gasteiger partial charge in [-0.3, -0.25) is 0 Å². The van der Waals surface area contributed by atoms with Crippen molar-refractivity contribution in [2.75, 3.05) is 13.7 Å². The summed E-state index contributed by atoms with van der Waals surface area (Å²) in [5.74, 6) is 0.991. The number of hydrogen-bond acceptors (Lipinski definition) is 4. The Morgan fingerprint density at radius 1 is 1.23 bits per heavy atom. The van der Waals surface area contributed by atoms with Gasteiger partial charge < -0.3 is 14.2 Å². The second-order valence-electron chi connectivity index (χ2n) is 7.88. The molecule has 3 atom stereocenters. The van der Waals surface area contributed by atoms with Crippen molar-refractivity contribution in [2.24, 2.45) is 11.8 Å². The van der Waals surface area contributed by atoms with Crippen LogP contribution in [0.25, 0.3) is 0 Å². The molecule has 4 bridgehead atoms. The van der Waals surface area contributed by atoms with Crippen molar-refractivity contribution in [3.05, 3.63) is 12.2 Å². The van der Waals surface area contributed by atoms with E-state index in [-0.39, 0.29) is 23.3 Å². The fourth-order valence-corrected chi connectivity index (χ4v) is 5.33. The summed E-state index contributed by atoms with van der Waals surface area (Å²) in [6.07, 6.45) is 6.36. The maximum Gasteiger partial charge on any atom is 0.333 e. The van der Waals surface area contributed by atoms with Crippen molar-refractivity contribution < 1.29 is 19.0 Å². The molecular formula is C18H28O4. The average molecular weight is 308 g/mol. The second kappa shape index (κ2) is 5.64. The summed E-state index contributed by atoms with van der Waals surface area (Å²) in [7, 11) is 1.70. The van der Waals surface area contributed by atoms with Crippen LogP contribution in [0.15, 0.2) is 12.2 Å². The molecule has 22 heavy (non-hydrogen) atoms. The average Bonchev–Trinajstić information content (AvgIpc) is 2.35. The normalized spacial score (nSPS) is 40.5. The van der Waals surface area contributed by atoms with Crippen molar-refractivity contribution in [3.63, 3.8) is 0 Å². The molecule has 0 amide bonds. The van der Waals surface area contributed by atoms with E-state index < -0.39 is 0 Å². The number of carbonyl (C=O) groups is 1. The van der Waals surface area contributed by atoms with Crippen LogP contribution >= 0.6 is 0 Å². The second-order valence-corrected chi connectivity index (χ2v) is 7.88. The molecular weight excluding hydrogens is 280 g/mol. The summed E-state index contributed by atoms with van der Waals surface area (Å²) in [4.78, 5) is 12.1. The highest BCUT2D eigenvalue weighted by atomic mass is 16.6. The van der Waals surface area contributed by atoms with Crippen LogP contribution in [0.2, 0.25) is 0 Å². The van der Waals surface area contributed by atoms with Crippen LogP contribution in [0.4, 0.5) is 0 Å². The molecule has 4 rings (SSSR count). The molecule has 0 heterocycles. The fraction of sp³-hybridized carbons (Fsp3) is 0.833. The van der Waals surface area contributed by atoms with Gasteiger partial charge in [-0.25, -0.2) is 4.79 Å². The standard InChI is InChI=1S/C18H28O4/c1-12(2)16(19)22-18-8-14-5-15(9-18)7-17(6-14,11-18)21-13(3)10-20-4/h13-15H,1,5-11H2,2-4H3. The van der Waals surface area contributed by atoms with Crippen molar-refractivity contribution in [2.45, 2.75) is 69.7 Å². The largest absolute Gasteiger partial charge is 0.456 e. The van der Waals surface area contributed by atoms with Crippen molar-refractivity contribution in [1.29, 1.82) is 0 Å². The first kappa shape index (κ1) is 16.0. The highest BCUT2D eigenvalue weighted by Gasteiger charge is 2.60. The topological polar surface area (TPSA) is 44.8 Å². The number of rotatable bonds is 6. The first-order valence-corrected chi connectivity index (χ1v) is 8.41. The van der Waals surface area contributed by atoms with E-state index in [0.717, 1.165) is 32.1 Å². The van der Waals surface area contributed by atoms with Gasteiger partial charge in [0.2, 0.25) is 0 Å². The molecule has 4 fully saturated rings. The van der Waals surface area contributed by atoms with Gasteiger partial charge in [0.15, 0.2) is 0 Å². The monoisotopic (exact) mass is 308 g/mol. The van der Waals surface area contributed by atoms with E-state index in [0.29, 0.717) is 24.0 Å². The van der Waals surface area contributed by atoms with E-state index in [4.69, 9.17) is 14.2 Å². The highest BCUT2D eigenvalue weighted by Crippen LogP contribution is 2.60. The molecule has 4 aliphatic carbocycles. The molecule has 0 aliphatic heterocycles. The third-order valence-electron chi connectivity index (χ3n) is 5.46. The van der Waals surface area contributed by atoms with Gasteiger partial charge in [0.25, 0.3) is 0 Å². The number of methoxy groups -OCH3 is 1. The van der Waals surface area contributed by atoms with E-state index >= 15 is 0 Å². The summed E-state index contributed by atoms with van der Waals surface area (Å²) in [5.41, 5.74) is 0.0306. The van der Waals surface area contributed by atoms with Crippen molar-refractivity contribution >= 4 is 5.97 Å². The summed E-state index contributed by atoms with van der Waals surface area (Å²) < 4.78 is 17.6. The van der Waals surface area contributed by atoms with Crippen LogP contribution in [-0.2, 0) is 19.0 Å². The lowest BCUT2D eigenvalue weighted by Gasteiger charge is -2.61. The molecule has 4 saturated carbocycles. The molecule has 4 aliphatic rings. The van der Waals surface area contributed by atoms with Crippen LogP contribution in [0, 0.1) is 11.8 Å². The van der Waals surface area contributed by atoms with Crippen molar-refractivity contribution in [3.8, 4) is 0 Å². The van der Waals surface area contributed by atoms with Crippen LogP contribution < -0.4 is 0 Å². The van der Waals surface area contributed by atoms with E-state index in [1.165, 1.54) is 6.42 Å². The molecule has 4 heteroatoms. The SMILES string of the molecule is C=C(C)C(=O)OC12CC3CC(C1)CC(OC(C)COC)(C3)C2. The zero-order valence-electron chi connectivity index (χ0n) is 14.0. The minimum atomic E-state index is -0.326. The fourth-order valence-electron chi connectivity index (χ4n) is 5.33. The maximum atomic E-state index is 12.1. The van der Waals surface area contributed by atoms with Gasteiger partial charge in [0, 0.05) is 19.1 Å². The van der Waals surface area contributed by atoms with E-state index in [1.807, 2.05) is 0 Å². The Labute approximate surface area is 133 Å². The molecule has 0 aromatic carbocycles. The van der Waals surface area contributed by atoms with E-state index in [1.54, 1.807) is 14.0 Å². The Morgan fingerprint density at radius 3 is 2.36 bits per heavy atom. The van der Waals surface area contributed by atoms with Gasteiger partial charge in [0.05, 0.1) is 18.3 Å². The number of carbonyl (C=O) groups excluding carboxylic acids is 1. The molecule has 4 nitrogen and oxygen atoms in total. The predicted molar refractivity (Wildman–Crippen MR) is 83.5 cm³/mol. The van der Waals surface area contributed by atoms with Crippen LogP contribution in [0.5, 0.6) is 0 Å². The lowest BCUT2D eigenvalue weighted by Crippen LogP contribution is -2.62. The molecule has 0 spiro atoms. The van der Waals surface area contributed by atoms with E-state index in [2.05, 4.69) is 13.5 Å². The van der Waals surface area contributed by atoms with Gasteiger partial charge in [-0.15, -0.1) is 0 Å². The third kappa shape index (κ3) is 2.95. The van der Waals surface area contributed by atoms with Gasteiger partial charge in [-0.1, -0.05) is 6.58 Å².